The van der Waals surface area contributed by atoms with E-state index in [1.165, 1.54) is 77.0 Å². The van der Waals surface area contributed by atoms with E-state index in [2.05, 4.69) is 26.0 Å². The SMILES string of the molecule is CCCCCCCC/C=C\CCCC(CCCCN)OCC. The topological polar surface area (TPSA) is 35.2 Å². The number of ether oxygens (including phenoxy) is 1. The summed E-state index contributed by atoms with van der Waals surface area (Å²) in [4.78, 5) is 0. The van der Waals surface area contributed by atoms with Crippen LogP contribution in [-0.4, -0.2) is 19.3 Å². The molecule has 0 saturated carbocycles. The summed E-state index contributed by atoms with van der Waals surface area (Å²) in [5, 5.41) is 0. The van der Waals surface area contributed by atoms with E-state index in [1.807, 2.05) is 0 Å². The van der Waals surface area contributed by atoms with Gasteiger partial charge in [-0.2, -0.15) is 0 Å². The summed E-state index contributed by atoms with van der Waals surface area (Å²) < 4.78 is 5.82. The molecule has 0 aromatic heterocycles. The standard InChI is InChI=1S/C20H41NO/c1-3-5-6-7-8-9-10-11-12-13-14-17-20(22-4-2)18-15-16-19-21/h11-12,20H,3-10,13-19,21H2,1-2H3/b12-11-. The number of allylic oxidation sites excluding steroid dienone is 2. The van der Waals surface area contributed by atoms with Gasteiger partial charge in [-0.3, -0.25) is 0 Å². The van der Waals surface area contributed by atoms with Gasteiger partial charge in [0.05, 0.1) is 6.10 Å². The molecule has 1 atom stereocenters. The molecular formula is C20H41NO. The maximum absolute atomic E-state index is 5.82. The zero-order valence-corrected chi connectivity index (χ0v) is 15.3. The molecule has 0 aliphatic heterocycles. The van der Waals surface area contributed by atoms with Crippen molar-refractivity contribution in [2.24, 2.45) is 5.73 Å². The highest BCUT2D eigenvalue weighted by atomic mass is 16.5. The second kappa shape index (κ2) is 18.7. The normalized spacial score (nSPS) is 13.0. The molecular weight excluding hydrogens is 270 g/mol. The van der Waals surface area contributed by atoms with Gasteiger partial charge in [-0.1, -0.05) is 51.2 Å². The summed E-state index contributed by atoms with van der Waals surface area (Å²) >= 11 is 0. The molecule has 2 N–H and O–H groups in total. The minimum Gasteiger partial charge on any atom is -0.379 e. The molecule has 0 aromatic carbocycles. The average Bonchev–Trinajstić information content (AvgIpc) is 2.52. The van der Waals surface area contributed by atoms with Gasteiger partial charge < -0.3 is 10.5 Å². The van der Waals surface area contributed by atoms with E-state index >= 15 is 0 Å². The van der Waals surface area contributed by atoms with Crippen molar-refractivity contribution in [2.45, 2.75) is 103 Å². The van der Waals surface area contributed by atoms with Gasteiger partial charge in [0.15, 0.2) is 0 Å². The molecule has 2 nitrogen and oxygen atoms in total. The highest BCUT2D eigenvalue weighted by molar-refractivity contribution is 4.81. The predicted octanol–water partition coefficient (Wildman–Crippen LogP) is 6.00. The first-order chi connectivity index (χ1) is 10.8. The van der Waals surface area contributed by atoms with Crippen molar-refractivity contribution in [3.05, 3.63) is 12.2 Å². The lowest BCUT2D eigenvalue weighted by Gasteiger charge is -2.16. The van der Waals surface area contributed by atoms with Gasteiger partial charge in [-0.25, -0.2) is 0 Å². The summed E-state index contributed by atoms with van der Waals surface area (Å²) in [6, 6.07) is 0. The number of rotatable bonds is 17. The van der Waals surface area contributed by atoms with Crippen LogP contribution in [0.5, 0.6) is 0 Å². The molecule has 132 valence electrons. The Kier molecular flexibility index (Phi) is 18.4. The first-order valence-corrected chi connectivity index (χ1v) is 9.81. The molecule has 0 spiro atoms. The molecule has 0 heterocycles. The van der Waals surface area contributed by atoms with Crippen LogP contribution in [-0.2, 0) is 4.74 Å². The van der Waals surface area contributed by atoms with Gasteiger partial charge >= 0.3 is 0 Å². The zero-order valence-electron chi connectivity index (χ0n) is 15.3. The van der Waals surface area contributed by atoms with E-state index in [1.54, 1.807) is 0 Å². The Morgan fingerprint density at radius 1 is 0.773 bits per heavy atom. The third-order valence-corrected chi connectivity index (χ3v) is 4.17. The van der Waals surface area contributed by atoms with Crippen LogP contribution in [0.25, 0.3) is 0 Å². The van der Waals surface area contributed by atoms with Crippen LogP contribution >= 0.6 is 0 Å². The van der Waals surface area contributed by atoms with Crippen molar-refractivity contribution in [2.75, 3.05) is 13.2 Å². The first-order valence-electron chi connectivity index (χ1n) is 9.81. The van der Waals surface area contributed by atoms with Crippen LogP contribution in [0.15, 0.2) is 12.2 Å². The van der Waals surface area contributed by atoms with Crippen molar-refractivity contribution < 1.29 is 4.74 Å². The smallest absolute Gasteiger partial charge is 0.0575 e. The Morgan fingerprint density at radius 2 is 1.41 bits per heavy atom. The number of hydrogen-bond donors (Lipinski definition) is 1. The highest BCUT2D eigenvalue weighted by Gasteiger charge is 2.06. The lowest BCUT2D eigenvalue weighted by atomic mass is 10.1. The minimum absolute atomic E-state index is 0.448. The van der Waals surface area contributed by atoms with Crippen molar-refractivity contribution in [3.8, 4) is 0 Å². The van der Waals surface area contributed by atoms with Crippen LogP contribution in [0.3, 0.4) is 0 Å². The van der Waals surface area contributed by atoms with Crippen LogP contribution in [0.1, 0.15) is 97.3 Å². The number of hydrogen-bond acceptors (Lipinski definition) is 2. The van der Waals surface area contributed by atoms with Gasteiger partial charge in [0, 0.05) is 6.61 Å². The summed E-state index contributed by atoms with van der Waals surface area (Å²) in [5.41, 5.74) is 5.55. The summed E-state index contributed by atoms with van der Waals surface area (Å²) in [6.07, 6.45) is 22.0. The minimum atomic E-state index is 0.448. The van der Waals surface area contributed by atoms with Crippen molar-refractivity contribution in [3.63, 3.8) is 0 Å². The van der Waals surface area contributed by atoms with Gasteiger partial charge in [0.2, 0.25) is 0 Å². The zero-order chi connectivity index (χ0) is 16.3. The summed E-state index contributed by atoms with van der Waals surface area (Å²) in [7, 11) is 0. The second-order valence-corrected chi connectivity index (χ2v) is 6.32. The Balaban J connectivity index is 3.44. The van der Waals surface area contributed by atoms with Crippen molar-refractivity contribution in [1.82, 2.24) is 0 Å². The molecule has 0 aromatic rings. The molecule has 0 aliphatic carbocycles. The molecule has 0 fully saturated rings. The summed E-state index contributed by atoms with van der Waals surface area (Å²) in [6.45, 7) is 6.01. The number of unbranched alkanes of at least 4 members (excludes halogenated alkanes) is 8. The lowest BCUT2D eigenvalue weighted by Crippen LogP contribution is -2.13. The van der Waals surface area contributed by atoms with E-state index in [4.69, 9.17) is 10.5 Å². The molecule has 0 amide bonds. The fourth-order valence-electron chi connectivity index (χ4n) is 2.80. The van der Waals surface area contributed by atoms with Crippen molar-refractivity contribution >= 4 is 0 Å². The second-order valence-electron chi connectivity index (χ2n) is 6.32. The quantitative estimate of drug-likeness (QED) is 0.264. The van der Waals surface area contributed by atoms with E-state index in [0.717, 1.165) is 19.6 Å². The molecule has 1 unspecified atom stereocenters. The van der Waals surface area contributed by atoms with E-state index < -0.39 is 0 Å². The Labute approximate surface area is 139 Å². The van der Waals surface area contributed by atoms with Crippen LogP contribution in [0, 0.1) is 0 Å². The molecule has 2 heteroatoms. The fraction of sp³-hybridized carbons (Fsp3) is 0.900. The molecule has 0 bridgehead atoms. The molecule has 0 saturated heterocycles. The molecule has 0 aliphatic rings. The largest absolute Gasteiger partial charge is 0.379 e. The summed E-state index contributed by atoms with van der Waals surface area (Å²) in [5.74, 6) is 0. The average molecular weight is 312 g/mol. The molecule has 0 rings (SSSR count). The van der Waals surface area contributed by atoms with E-state index in [-0.39, 0.29) is 0 Å². The Morgan fingerprint density at radius 3 is 2.09 bits per heavy atom. The van der Waals surface area contributed by atoms with Crippen molar-refractivity contribution in [1.29, 1.82) is 0 Å². The van der Waals surface area contributed by atoms with Gasteiger partial charge in [-0.15, -0.1) is 0 Å². The van der Waals surface area contributed by atoms with Crippen LogP contribution < -0.4 is 5.73 Å². The monoisotopic (exact) mass is 311 g/mol. The molecule has 0 radical (unpaired) electrons. The van der Waals surface area contributed by atoms with E-state index in [0.29, 0.717) is 6.10 Å². The first kappa shape index (κ1) is 21.7. The Bertz CT molecular complexity index is 228. The van der Waals surface area contributed by atoms with Crippen LogP contribution in [0.2, 0.25) is 0 Å². The van der Waals surface area contributed by atoms with Gasteiger partial charge in [0.25, 0.3) is 0 Å². The van der Waals surface area contributed by atoms with Gasteiger partial charge in [-0.05, 0) is 64.8 Å². The lowest BCUT2D eigenvalue weighted by molar-refractivity contribution is 0.0479. The third-order valence-electron chi connectivity index (χ3n) is 4.17. The van der Waals surface area contributed by atoms with Crippen LogP contribution in [0.4, 0.5) is 0 Å². The van der Waals surface area contributed by atoms with Gasteiger partial charge in [0.1, 0.15) is 0 Å². The predicted molar refractivity (Wildman–Crippen MR) is 99.3 cm³/mol. The molecule has 22 heavy (non-hydrogen) atoms. The maximum Gasteiger partial charge on any atom is 0.0575 e. The highest BCUT2D eigenvalue weighted by Crippen LogP contribution is 2.13. The fourth-order valence-corrected chi connectivity index (χ4v) is 2.80. The number of nitrogens with two attached hydrogens (primary N) is 1. The maximum atomic E-state index is 5.82. The van der Waals surface area contributed by atoms with E-state index in [9.17, 15) is 0 Å². The Hall–Kier alpha value is -0.340. The third kappa shape index (κ3) is 16.0.